The van der Waals surface area contributed by atoms with E-state index in [1.807, 2.05) is 19.2 Å². The molecule has 86 valence electrons. The van der Waals surface area contributed by atoms with E-state index in [4.69, 9.17) is 10.1 Å². The fourth-order valence-electron chi connectivity index (χ4n) is 0.639. The highest BCUT2D eigenvalue weighted by atomic mass is 19.1. The molecule has 0 radical (unpaired) electrons. The molecular weight excluding hydrogens is 201 g/mol. The van der Waals surface area contributed by atoms with Gasteiger partial charge >= 0.3 is 6.09 Å². The van der Waals surface area contributed by atoms with Crippen molar-refractivity contribution in [3.05, 3.63) is 12.0 Å². The van der Waals surface area contributed by atoms with Gasteiger partial charge in [0.25, 0.3) is 0 Å². The Morgan fingerprint density at radius 2 is 2.20 bits per heavy atom. The number of carbonyl (C=O) groups excluding carboxylic acids is 1. The number of ether oxygens (including phenoxy) is 1. The first-order chi connectivity index (χ1) is 6.97. The van der Waals surface area contributed by atoms with E-state index >= 15 is 0 Å². The number of nitrogens with one attached hydrogen (secondary N) is 3. The van der Waals surface area contributed by atoms with Crippen molar-refractivity contribution in [3.8, 4) is 0 Å². The lowest BCUT2D eigenvalue weighted by molar-refractivity contribution is 0.138. The maximum absolute atomic E-state index is 12.9. The van der Waals surface area contributed by atoms with E-state index in [0.29, 0.717) is 0 Å². The summed E-state index contributed by atoms with van der Waals surface area (Å²) in [6.07, 6.45) is 0.138. The van der Waals surface area contributed by atoms with Crippen molar-refractivity contribution in [2.24, 2.45) is 5.92 Å². The Morgan fingerprint density at radius 3 is 2.67 bits per heavy atom. The summed E-state index contributed by atoms with van der Waals surface area (Å²) in [5.41, 5.74) is 0. The Kier molecular flexibility index (Phi) is 6.08. The number of rotatable bonds is 4. The maximum atomic E-state index is 12.9. The van der Waals surface area contributed by atoms with Gasteiger partial charge in [0.2, 0.25) is 0 Å². The predicted octanol–water partition coefficient (Wildman–Crippen LogP) is 1.38. The molecule has 6 heteroatoms. The van der Waals surface area contributed by atoms with Crippen LogP contribution >= 0.6 is 0 Å². The SMILES string of the molecule is CN/C=C(/F)C(=N)NC(=O)OCC(C)C. The second-order valence-electron chi connectivity index (χ2n) is 3.27. The minimum atomic E-state index is -0.862. The number of halogens is 1. The van der Waals surface area contributed by atoms with Crippen LogP contribution < -0.4 is 10.6 Å². The summed E-state index contributed by atoms with van der Waals surface area (Å²) < 4.78 is 17.6. The van der Waals surface area contributed by atoms with Gasteiger partial charge in [0.05, 0.1) is 6.61 Å². The zero-order valence-corrected chi connectivity index (χ0v) is 9.06. The van der Waals surface area contributed by atoms with E-state index in [1.165, 1.54) is 7.05 Å². The average molecular weight is 217 g/mol. The van der Waals surface area contributed by atoms with Crippen LogP contribution in [0.4, 0.5) is 9.18 Å². The van der Waals surface area contributed by atoms with Gasteiger partial charge in [-0.2, -0.15) is 0 Å². The van der Waals surface area contributed by atoms with Gasteiger partial charge in [0.1, 0.15) is 0 Å². The molecule has 0 spiro atoms. The minimum Gasteiger partial charge on any atom is -0.449 e. The molecule has 15 heavy (non-hydrogen) atoms. The molecule has 0 aliphatic heterocycles. The number of amides is 1. The number of carbonyl (C=O) groups is 1. The summed E-state index contributed by atoms with van der Waals surface area (Å²) in [7, 11) is 1.49. The molecule has 0 aliphatic rings. The first-order valence-corrected chi connectivity index (χ1v) is 4.53. The van der Waals surface area contributed by atoms with Crippen LogP contribution in [0.1, 0.15) is 13.8 Å². The summed E-state index contributed by atoms with van der Waals surface area (Å²) in [4.78, 5) is 11.0. The summed E-state index contributed by atoms with van der Waals surface area (Å²) in [5, 5.41) is 11.5. The summed E-state index contributed by atoms with van der Waals surface area (Å²) in [5.74, 6) is -1.29. The lowest BCUT2D eigenvalue weighted by atomic mass is 10.2. The molecule has 0 atom stereocenters. The summed E-state index contributed by atoms with van der Waals surface area (Å²) in [6, 6.07) is 0. The Hall–Kier alpha value is -1.59. The standard InChI is InChI=1S/C9H16FN3O2/c1-6(2)5-15-9(14)13-8(11)7(10)4-12-3/h4,6,12H,5H2,1-3H3,(H2,11,13,14)/b7-4+. The normalized spacial score (nSPS) is 11.1. The van der Waals surface area contributed by atoms with E-state index in [0.717, 1.165) is 6.20 Å². The Bertz CT molecular complexity index is 264. The monoisotopic (exact) mass is 217 g/mol. The van der Waals surface area contributed by atoms with E-state index in [2.05, 4.69) is 5.32 Å². The van der Waals surface area contributed by atoms with Gasteiger partial charge in [-0.25, -0.2) is 9.18 Å². The smallest absolute Gasteiger partial charge is 0.412 e. The minimum absolute atomic E-state index is 0.197. The third kappa shape index (κ3) is 6.48. The molecule has 5 nitrogen and oxygen atoms in total. The maximum Gasteiger partial charge on any atom is 0.412 e. The van der Waals surface area contributed by atoms with Crippen LogP contribution in [0.5, 0.6) is 0 Å². The highest BCUT2D eigenvalue weighted by Gasteiger charge is 2.10. The van der Waals surface area contributed by atoms with Crippen molar-refractivity contribution < 1.29 is 13.9 Å². The van der Waals surface area contributed by atoms with Crippen molar-refractivity contribution in [1.29, 1.82) is 5.41 Å². The Morgan fingerprint density at radius 1 is 1.60 bits per heavy atom. The highest BCUT2D eigenvalue weighted by Crippen LogP contribution is 1.96. The van der Waals surface area contributed by atoms with Gasteiger partial charge in [-0.15, -0.1) is 0 Å². The van der Waals surface area contributed by atoms with Crippen LogP contribution in [-0.2, 0) is 4.74 Å². The second-order valence-corrected chi connectivity index (χ2v) is 3.27. The number of hydrogen-bond donors (Lipinski definition) is 3. The number of alkyl carbamates (subject to hydrolysis) is 1. The van der Waals surface area contributed by atoms with Crippen LogP contribution in [0, 0.1) is 11.3 Å². The van der Waals surface area contributed by atoms with Gasteiger partial charge in [-0.05, 0) is 5.92 Å². The zero-order chi connectivity index (χ0) is 11.8. The first kappa shape index (κ1) is 13.4. The quantitative estimate of drug-likeness (QED) is 0.492. The molecule has 0 aromatic rings. The van der Waals surface area contributed by atoms with Gasteiger partial charge < -0.3 is 10.1 Å². The van der Waals surface area contributed by atoms with E-state index in [9.17, 15) is 9.18 Å². The summed E-state index contributed by atoms with van der Waals surface area (Å²) in [6.45, 7) is 3.98. The molecule has 0 heterocycles. The average Bonchev–Trinajstić information content (AvgIpc) is 2.15. The second kappa shape index (κ2) is 6.80. The van der Waals surface area contributed by atoms with Crippen LogP contribution in [0.25, 0.3) is 0 Å². The fourth-order valence-corrected chi connectivity index (χ4v) is 0.639. The molecule has 0 fully saturated rings. The predicted molar refractivity (Wildman–Crippen MR) is 55.3 cm³/mol. The molecular formula is C9H16FN3O2. The molecule has 0 aromatic heterocycles. The van der Waals surface area contributed by atoms with Crippen molar-refractivity contribution in [2.75, 3.05) is 13.7 Å². The van der Waals surface area contributed by atoms with Gasteiger partial charge in [-0.1, -0.05) is 13.8 Å². The largest absolute Gasteiger partial charge is 0.449 e. The van der Waals surface area contributed by atoms with Crippen molar-refractivity contribution in [1.82, 2.24) is 10.6 Å². The third-order valence-electron chi connectivity index (χ3n) is 1.28. The van der Waals surface area contributed by atoms with Crippen LogP contribution in [-0.4, -0.2) is 25.6 Å². The van der Waals surface area contributed by atoms with Gasteiger partial charge in [0.15, 0.2) is 11.7 Å². The Balaban J connectivity index is 3.97. The molecule has 0 saturated heterocycles. The zero-order valence-electron chi connectivity index (χ0n) is 9.06. The first-order valence-electron chi connectivity index (χ1n) is 4.53. The molecule has 0 unspecified atom stereocenters. The number of hydrogen-bond acceptors (Lipinski definition) is 4. The Labute approximate surface area is 88.2 Å². The lowest BCUT2D eigenvalue weighted by Crippen LogP contribution is -2.32. The van der Waals surface area contributed by atoms with E-state index in [1.54, 1.807) is 0 Å². The molecule has 0 bridgehead atoms. The fraction of sp³-hybridized carbons (Fsp3) is 0.556. The van der Waals surface area contributed by atoms with Gasteiger partial charge in [-0.3, -0.25) is 10.7 Å². The van der Waals surface area contributed by atoms with Crippen molar-refractivity contribution >= 4 is 11.9 Å². The number of amidine groups is 1. The molecule has 0 saturated carbocycles. The highest BCUT2D eigenvalue weighted by molar-refractivity contribution is 6.02. The third-order valence-corrected chi connectivity index (χ3v) is 1.28. The van der Waals surface area contributed by atoms with E-state index < -0.39 is 17.8 Å². The van der Waals surface area contributed by atoms with Crippen LogP contribution in [0.15, 0.2) is 12.0 Å². The van der Waals surface area contributed by atoms with Crippen LogP contribution in [0.2, 0.25) is 0 Å². The molecule has 3 N–H and O–H groups in total. The molecule has 1 amide bonds. The molecule has 0 rings (SSSR count). The molecule has 0 aromatic carbocycles. The molecule has 0 aliphatic carbocycles. The lowest BCUT2D eigenvalue weighted by Gasteiger charge is -2.08. The van der Waals surface area contributed by atoms with Gasteiger partial charge in [0, 0.05) is 13.2 Å². The van der Waals surface area contributed by atoms with Crippen LogP contribution in [0.3, 0.4) is 0 Å². The van der Waals surface area contributed by atoms with Crippen molar-refractivity contribution in [2.45, 2.75) is 13.8 Å². The van der Waals surface area contributed by atoms with E-state index in [-0.39, 0.29) is 12.5 Å². The van der Waals surface area contributed by atoms with Crippen molar-refractivity contribution in [3.63, 3.8) is 0 Å². The summed E-state index contributed by atoms with van der Waals surface area (Å²) >= 11 is 0. The topological polar surface area (TPSA) is 74.2 Å².